The van der Waals surface area contributed by atoms with Gasteiger partial charge in [0.2, 0.25) is 12.1 Å². The van der Waals surface area contributed by atoms with Crippen LogP contribution in [0.2, 0.25) is 0 Å². The van der Waals surface area contributed by atoms with Gasteiger partial charge in [-0.25, -0.2) is 0 Å². The van der Waals surface area contributed by atoms with Gasteiger partial charge in [0.1, 0.15) is 6.54 Å². The molecule has 1 amide bonds. The van der Waals surface area contributed by atoms with E-state index in [0.717, 1.165) is 5.76 Å². The number of quaternary nitrogens is 1. The number of hydrogen-bond acceptors (Lipinski definition) is 2. The molecule has 0 spiro atoms. The first-order valence-corrected chi connectivity index (χ1v) is 6.67. The van der Waals surface area contributed by atoms with Crippen LogP contribution in [-0.4, -0.2) is 15.9 Å². The van der Waals surface area contributed by atoms with Crippen LogP contribution in [0.5, 0.6) is 0 Å². The minimum atomic E-state index is -1.59. The van der Waals surface area contributed by atoms with E-state index in [1.54, 1.807) is 31.5 Å². The van der Waals surface area contributed by atoms with Gasteiger partial charge >= 0.3 is 0 Å². The zero-order valence-corrected chi connectivity index (χ0v) is 12.4. The Labute approximate surface area is 121 Å². The Morgan fingerprint density at radius 3 is 2.61 bits per heavy atom. The van der Waals surface area contributed by atoms with Crippen molar-refractivity contribution in [2.75, 3.05) is 0 Å². The minimum Gasteiger partial charge on any atom is -0.463 e. The molecule has 1 atom stereocenters. The van der Waals surface area contributed by atoms with Crippen molar-refractivity contribution in [3.8, 4) is 0 Å². The van der Waals surface area contributed by atoms with Crippen molar-refractivity contribution < 1.29 is 14.5 Å². The number of furan rings is 1. The third-order valence-corrected chi connectivity index (χ3v) is 3.01. The molecule has 0 bridgehead atoms. The molecule has 0 aliphatic heterocycles. The van der Waals surface area contributed by atoms with Crippen LogP contribution in [0.4, 0.5) is 0 Å². The van der Waals surface area contributed by atoms with Crippen molar-refractivity contribution >= 4 is 40.7 Å². The molecule has 0 saturated carbocycles. The molecule has 102 valence electrons. The summed E-state index contributed by atoms with van der Waals surface area (Å²) in [6.07, 6.45) is 0.905. The Bertz CT molecular complexity index is 374. The van der Waals surface area contributed by atoms with Gasteiger partial charge in [-0.3, -0.25) is 4.79 Å². The monoisotopic (exact) mass is 313 g/mol. The normalized spacial score (nSPS) is 13.7. The standard InChI is InChI=1S/C11H15Cl3N2O2/c1-7(2)9(17)16-10(11(12,13)14)15-6-8-4-3-5-18-8/h3-5,7,10,15H,6H2,1-2H3,(H,16,17)/p+1/t10-/m1/s1. The van der Waals surface area contributed by atoms with E-state index >= 15 is 0 Å². The quantitative estimate of drug-likeness (QED) is 0.643. The lowest BCUT2D eigenvalue weighted by Crippen LogP contribution is -2.95. The summed E-state index contributed by atoms with van der Waals surface area (Å²) in [5.74, 6) is 0.409. The lowest BCUT2D eigenvalue weighted by molar-refractivity contribution is -0.708. The van der Waals surface area contributed by atoms with E-state index in [0.29, 0.717) is 6.54 Å². The van der Waals surface area contributed by atoms with Gasteiger partial charge in [-0.05, 0) is 12.1 Å². The first kappa shape index (κ1) is 15.6. The maximum Gasteiger partial charge on any atom is 0.262 e. The molecular weight excluding hydrogens is 298 g/mol. The topological polar surface area (TPSA) is 58.9 Å². The summed E-state index contributed by atoms with van der Waals surface area (Å²) < 4.78 is 3.59. The molecule has 0 aromatic carbocycles. The van der Waals surface area contributed by atoms with Gasteiger partial charge in [-0.1, -0.05) is 48.7 Å². The number of carbonyl (C=O) groups excluding carboxylic acids is 1. The molecule has 0 aliphatic carbocycles. The molecule has 0 saturated heterocycles. The van der Waals surface area contributed by atoms with Crippen molar-refractivity contribution in [3.05, 3.63) is 24.2 Å². The van der Waals surface area contributed by atoms with E-state index in [1.165, 1.54) is 0 Å². The zero-order valence-electron chi connectivity index (χ0n) is 10.1. The molecule has 1 rings (SSSR count). The highest BCUT2D eigenvalue weighted by Gasteiger charge is 2.37. The zero-order chi connectivity index (χ0) is 13.8. The summed E-state index contributed by atoms with van der Waals surface area (Å²) in [7, 11) is 0. The predicted octanol–water partition coefficient (Wildman–Crippen LogP) is 1.81. The van der Waals surface area contributed by atoms with E-state index < -0.39 is 9.96 Å². The molecule has 4 nitrogen and oxygen atoms in total. The number of alkyl halides is 3. The summed E-state index contributed by atoms with van der Waals surface area (Å²) in [6.45, 7) is 4.03. The number of hydrogen-bond donors (Lipinski definition) is 2. The van der Waals surface area contributed by atoms with E-state index in [2.05, 4.69) is 5.32 Å². The van der Waals surface area contributed by atoms with Crippen molar-refractivity contribution in [3.63, 3.8) is 0 Å². The third kappa shape index (κ3) is 5.06. The van der Waals surface area contributed by atoms with Gasteiger partial charge in [0.15, 0.2) is 5.76 Å². The molecule has 0 unspecified atom stereocenters. The molecule has 0 fully saturated rings. The van der Waals surface area contributed by atoms with Gasteiger partial charge in [0.25, 0.3) is 3.79 Å². The predicted molar refractivity (Wildman–Crippen MR) is 71.4 cm³/mol. The maximum absolute atomic E-state index is 11.6. The second-order valence-electron chi connectivity index (χ2n) is 4.20. The fourth-order valence-electron chi connectivity index (χ4n) is 1.26. The van der Waals surface area contributed by atoms with Crippen molar-refractivity contribution in [1.29, 1.82) is 0 Å². The van der Waals surface area contributed by atoms with Crippen LogP contribution in [0.3, 0.4) is 0 Å². The second kappa shape index (κ2) is 6.66. The van der Waals surface area contributed by atoms with Crippen molar-refractivity contribution in [2.45, 2.75) is 30.4 Å². The summed E-state index contributed by atoms with van der Waals surface area (Å²) >= 11 is 17.5. The maximum atomic E-state index is 11.6. The van der Waals surface area contributed by atoms with Gasteiger partial charge in [0.05, 0.1) is 6.26 Å². The lowest BCUT2D eigenvalue weighted by Gasteiger charge is -2.23. The molecule has 1 heterocycles. The number of halogens is 3. The number of amides is 1. The Kier molecular flexibility index (Phi) is 5.79. The average Bonchev–Trinajstić information content (AvgIpc) is 2.74. The molecule has 18 heavy (non-hydrogen) atoms. The number of rotatable bonds is 5. The Balaban J connectivity index is 2.59. The van der Waals surface area contributed by atoms with Crippen LogP contribution in [0, 0.1) is 5.92 Å². The summed E-state index contributed by atoms with van der Waals surface area (Å²) in [6, 6.07) is 3.59. The van der Waals surface area contributed by atoms with Gasteiger partial charge in [-0.15, -0.1) is 0 Å². The third-order valence-electron chi connectivity index (χ3n) is 2.31. The number of carbonyl (C=O) groups is 1. The van der Waals surface area contributed by atoms with Crippen LogP contribution < -0.4 is 10.6 Å². The summed E-state index contributed by atoms with van der Waals surface area (Å²) in [4.78, 5) is 11.6. The fourth-order valence-corrected chi connectivity index (χ4v) is 1.69. The van der Waals surface area contributed by atoms with Crippen LogP contribution in [0.1, 0.15) is 19.6 Å². The molecule has 1 aromatic heterocycles. The van der Waals surface area contributed by atoms with E-state index in [4.69, 9.17) is 39.2 Å². The number of nitrogens with two attached hydrogens (primary N) is 1. The minimum absolute atomic E-state index is 0.165. The van der Waals surface area contributed by atoms with Gasteiger partial charge < -0.3 is 15.1 Å². The second-order valence-corrected chi connectivity index (χ2v) is 6.57. The van der Waals surface area contributed by atoms with Gasteiger partial charge in [0, 0.05) is 5.92 Å². The molecule has 3 N–H and O–H groups in total. The van der Waals surface area contributed by atoms with Crippen molar-refractivity contribution in [2.24, 2.45) is 5.92 Å². The highest BCUT2D eigenvalue weighted by molar-refractivity contribution is 6.68. The first-order valence-electron chi connectivity index (χ1n) is 5.53. The van der Waals surface area contributed by atoms with E-state index in [1.807, 2.05) is 6.07 Å². The molecule has 1 aromatic rings. The Morgan fingerprint density at radius 2 is 2.17 bits per heavy atom. The highest BCUT2D eigenvalue weighted by atomic mass is 35.6. The molecule has 0 radical (unpaired) electrons. The van der Waals surface area contributed by atoms with Crippen LogP contribution in [0.25, 0.3) is 0 Å². The fraction of sp³-hybridized carbons (Fsp3) is 0.545. The SMILES string of the molecule is CC(C)C(=O)N[C@@H]([NH2+]Cc1ccco1)C(Cl)(Cl)Cl. The van der Waals surface area contributed by atoms with E-state index in [-0.39, 0.29) is 11.8 Å². The Morgan fingerprint density at radius 1 is 1.50 bits per heavy atom. The Hall–Kier alpha value is -0.420. The van der Waals surface area contributed by atoms with Crippen LogP contribution >= 0.6 is 34.8 Å². The summed E-state index contributed by atoms with van der Waals surface area (Å²) in [5.41, 5.74) is 0. The first-order chi connectivity index (χ1) is 8.30. The molecule has 0 aliphatic rings. The smallest absolute Gasteiger partial charge is 0.262 e. The summed E-state index contributed by atoms with van der Waals surface area (Å²) in [5, 5.41) is 4.40. The largest absolute Gasteiger partial charge is 0.463 e. The van der Waals surface area contributed by atoms with Crippen LogP contribution in [-0.2, 0) is 11.3 Å². The lowest BCUT2D eigenvalue weighted by atomic mass is 10.2. The number of nitrogens with one attached hydrogen (secondary N) is 1. The van der Waals surface area contributed by atoms with Crippen molar-refractivity contribution in [1.82, 2.24) is 5.32 Å². The van der Waals surface area contributed by atoms with Crippen LogP contribution in [0.15, 0.2) is 22.8 Å². The average molecular weight is 315 g/mol. The highest BCUT2D eigenvalue weighted by Crippen LogP contribution is 2.27. The van der Waals surface area contributed by atoms with Gasteiger partial charge in [-0.2, -0.15) is 0 Å². The van der Waals surface area contributed by atoms with E-state index in [9.17, 15) is 4.79 Å². The molecular formula is C11H16Cl3N2O2+. The molecule has 7 heteroatoms.